The van der Waals surface area contributed by atoms with E-state index in [0.717, 1.165) is 11.3 Å². The number of ether oxygens (including phenoxy) is 3. The van der Waals surface area contributed by atoms with Crippen LogP contribution >= 0.6 is 0 Å². The number of nitrogens with zero attached hydrogens (tertiary/aromatic N) is 2. The Balaban J connectivity index is 2.28. The third kappa shape index (κ3) is 4.74. The molecule has 0 bridgehead atoms. The number of rotatable bonds is 7. The number of carbonyl (C=O) groups is 1. The molecular weight excluding hydrogens is 358 g/mol. The van der Waals surface area contributed by atoms with Crippen molar-refractivity contribution in [2.75, 3.05) is 45.6 Å². The van der Waals surface area contributed by atoms with E-state index >= 15 is 0 Å². The van der Waals surface area contributed by atoms with Crippen LogP contribution in [0, 0.1) is 11.3 Å². The van der Waals surface area contributed by atoms with Crippen LogP contribution in [-0.2, 0) is 4.79 Å². The lowest BCUT2D eigenvalue weighted by molar-refractivity contribution is -0.112. The lowest BCUT2D eigenvalue weighted by atomic mass is 10.1. The van der Waals surface area contributed by atoms with Crippen molar-refractivity contribution < 1.29 is 19.0 Å². The zero-order valence-corrected chi connectivity index (χ0v) is 16.6. The van der Waals surface area contributed by atoms with E-state index in [2.05, 4.69) is 5.32 Å². The van der Waals surface area contributed by atoms with Gasteiger partial charge in [0.25, 0.3) is 5.91 Å². The molecule has 1 amide bonds. The van der Waals surface area contributed by atoms with Gasteiger partial charge < -0.3 is 24.4 Å². The molecule has 28 heavy (non-hydrogen) atoms. The molecule has 0 spiro atoms. The third-order valence-electron chi connectivity index (χ3n) is 4.01. The number of benzene rings is 2. The summed E-state index contributed by atoms with van der Waals surface area (Å²) < 4.78 is 15.8. The fourth-order valence-corrected chi connectivity index (χ4v) is 2.54. The van der Waals surface area contributed by atoms with Crippen molar-refractivity contribution in [3.8, 4) is 23.3 Å². The summed E-state index contributed by atoms with van der Waals surface area (Å²) in [6.07, 6.45) is 1.53. The Hall–Kier alpha value is -3.66. The van der Waals surface area contributed by atoms with Gasteiger partial charge in [-0.05, 0) is 23.8 Å². The van der Waals surface area contributed by atoms with Crippen molar-refractivity contribution in [1.82, 2.24) is 0 Å². The summed E-state index contributed by atoms with van der Waals surface area (Å²) in [4.78, 5) is 14.5. The van der Waals surface area contributed by atoms with E-state index < -0.39 is 5.91 Å². The number of hydrogen-bond donors (Lipinski definition) is 1. The highest BCUT2D eigenvalue weighted by Crippen LogP contribution is 2.40. The first-order chi connectivity index (χ1) is 13.4. The van der Waals surface area contributed by atoms with Crippen LogP contribution in [0.1, 0.15) is 5.56 Å². The molecule has 7 nitrogen and oxygen atoms in total. The molecule has 0 aromatic heterocycles. The van der Waals surface area contributed by atoms with Crippen LogP contribution in [-0.4, -0.2) is 41.3 Å². The quantitative estimate of drug-likeness (QED) is 0.585. The maximum Gasteiger partial charge on any atom is 0.266 e. The van der Waals surface area contributed by atoms with Gasteiger partial charge in [0, 0.05) is 37.6 Å². The highest BCUT2D eigenvalue weighted by molar-refractivity contribution is 6.09. The van der Waals surface area contributed by atoms with Gasteiger partial charge in [0.2, 0.25) is 5.75 Å². The Morgan fingerprint density at radius 1 is 1.04 bits per heavy atom. The molecule has 0 radical (unpaired) electrons. The minimum atomic E-state index is -0.534. The van der Waals surface area contributed by atoms with Crippen molar-refractivity contribution in [3.63, 3.8) is 0 Å². The van der Waals surface area contributed by atoms with Crippen LogP contribution < -0.4 is 24.4 Å². The monoisotopic (exact) mass is 381 g/mol. The normalized spacial score (nSPS) is 10.6. The summed E-state index contributed by atoms with van der Waals surface area (Å²) in [5, 5.41) is 12.1. The van der Waals surface area contributed by atoms with Gasteiger partial charge in [0.1, 0.15) is 11.6 Å². The molecule has 0 saturated heterocycles. The molecule has 0 fully saturated rings. The molecule has 7 heteroatoms. The maximum atomic E-state index is 12.6. The van der Waals surface area contributed by atoms with E-state index in [1.54, 1.807) is 12.1 Å². The fourth-order valence-electron chi connectivity index (χ4n) is 2.54. The second-order valence-electron chi connectivity index (χ2n) is 6.02. The highest BCUT2D eigenvalue weighted by atomic mass is 16.5. The van der Waals surface area contributed by atoms with Crippen LogP contribution in [0.15, 0.2) is 42.0 Å². The number of hydrogen-bond acceptors (Lipinski definition) is 6. The lowest BCUT2D eigenvalue weighted by Crippen LogP contribution is -2.14. The van der Waals surface area contributed by atoms with Gasteiger partial charge in [-0.15, -0.1) is 0 Å². The Morgan fingerprint density at radius 2 is 1.61 bits per heavy atom. The minimum absolute atomic E-state index is 0.0219. The molecule has 1 N–H and O–H groups in total. The smallest absolute Gasteiger partial charge is 0.266 e. The second kappa shape index (κ2) is 9.33. The molecule has 0 saturated carbocycles. The third-order valence-corrected chi connectivity index (χ3v) is 4.01. The largest absolute Gasteiger partial charge is 0.493 e. The van der Waals surface area contributed by atoms with Crippen LogP contribution in [0.3, 0.4) is 0 Å². The van der Waals surface area contributed by atoms with Gasteiger partial charge >= 0.3 is 0 Å². The summed E-state index contributed by atoms with van der Waals surface area (Å²) in [5.41, 5.74) is 2.18. The second-order valence-corrected chi connectivity index (χ2v) is 6.02. The number of methoxy groups -OCH3 is 3. The van der Waals surface area contributed by atoms with Crippen molar-refractivity contribution in [2.45, 2.75) is 0 Å². The van der Waals surface area contributed by atoms with Gasteiger partial charge in [0.05, 0.1) is 21.3 Å². The number of nitriles is 1. The molecule has 0 aliphatic heterocycles. The topological polar surface area (TPSA) is 83.8 Å². The highest BCUT2D eigenvalue weighted by Gasteiger charge is 2.16. The van der Waals surface area contributed by atoms with Gasteiger partial charge in [-0.2, -0.15) is 5.26 Å². The van der Waals surface area contributed by atoms with E-state index in [9.17, 15) is 10.1 Å². The van der Waals surface area contributed by atoms with Crippen molar-refractivity contribution in [2.24, 2.45) is 0 Å². The number of amides is 1. The van der Waals surface area contributed by atoms with Crippen molar-refractivity contribution in [3.05, 3.63) is 47.5 Å². The molecule has 2 aromatic carbocycles. The van der Waals surface area contributed by atoms with Crippen LogP contribution in [0.2, 0.25) is 0 Å². The predicted molar refractivity (Wildman–Crippen MR) is 109 cm³/mol. The Bertz CT molecular complexity index is 887. The molecule has 0 unspecified atom stereocenters. The minimum Gasteiger partial charge on any atom is -0.493 e. The van der Waals surface area contributed by atoms with E-state index in [4.69, 9.17) is 14.2 Å². The maximum absolute atomic E-state index is 12.6. The SMILES string of the molecule is COc1cc(NC(=O)C(C#N)=Cc2ccc(N(C)C)cc2)cc(OC)c1OC. The van der Waals surface area contributed by atoms with E-state index in [1.807, 2.05) is 49.3 Å². The molecule has 0 aliphatic carbocycles. The number of carbonyl (C=O) groups excluding carboxylic acids is 1. The zero-order chi connectivity index (χ0) is 20.7. The molecule has 146 valence electrons. The Kier molecular flexibility index (Phi) is 6.88. The average Bonchev–Trinajstić information content (AvgIpc) is 2.71. The van der Waals surface area contributed by atoms with Gasteiger partial charge in [-0.3, -0.25) is 4.79 Å². The van der Waals surface area contributed by atoms with Crippen LogP contribution in [0.5, 0.6) is 17.2 Å². The van der Waals surface area contributed by atoms with E-state index in [-0.39, 0.29) is 5.57 Å². The molecular formula is C21H23N3O4. The van der Waals surface area contributed by atoms with E-state index in [0.29, 0.717) is 22.9 Å². The summed E-state index contributed by atoms with van der Waals surface area (Å²) in [5.74, 6) is 0.686. The number of nitrogens with one attached hydrogen (secondary N) is 1. The van der Waals surface area contributed by atoms with E-state index in [1.165, 1.54) is 27.4 Å². The molecule has 2 rings (SSSR count). The molecule has 0 aliphatic rings. The fraction of sp³-hybridized carbons (Fsp3) is 0.238. The molecule has 0 heterocycles. The van der Waals surface area contributed by atoms with Crippen LogP contribution in [0.25, 0.3) is 6.08 Å². The summed E-state index contributed by atoms with van der Waals surface area (Å²) >= 11 is 0. The Morgan fingerprint density at radius 3 is 2.04 bits per heavy atom. The zero-order valence-electron chi connectivity index (χ0n) is 16.6. The number of anilines is 2. The molecule has 0 atom stereocenters. The molecule has 2 aromatic rings. The van der Waals surface area contributed by atoms with Crippen LogP contribution in [0.4, 0.5) is 11.4 Å². The first-order valence-corrected chi connectivity index (χ1v) is 8.44. The first kappa shape index (κ1) is 20.6. The van der Waals surface area contributed by atoms with Crippen molar-refractivity contribution >= 4 is 23.4 Å². The average molecular weight is 381 g/mol. The first-order valence-electron chi connectivity index (χ1n) is 8.44. The summed E-state index contributed by atoms with van der Waals surface area (Å²) in [6.45, 7) is 0. The summed E-state index contributed by atoms with van der Waals surface area (Å²) in [7, 11) is 8.35. The standard InChI is InChI=1S/C21H23N3O4/c1-24(2)17-8-6-14(7-9-17)10-15(13-22)21(25)23-16-11-18(26-3)20(28-5)19(12-16)27-4/h6-12H,1-5H3,(H,23,25). The summed E-state index contributed by atoms with van der Waals surface area (Å²) in [6, 6.07) is 12.7. The lowest BCUT2D eigenvalue weighted by Gasteiger charge is -2.14. The van der Waals surface area contributed by atoms with Gasteiger partial charge in [0.15, 0.2) is 11.5 Å². The van der Waals surface area contributed by atoms with Gasteiger partial charge in [-0.1, -0.05) is 12.1 Å². The van der Waals surface area contributed by atoms with Gasteiger partial charge in [-0.25, -0.2) is 0 Å². The van der Waals surface area contributed by atoms with Crippen molar-refractivity contribution in [1.29, 1.82) is 5.26 Å². The Labute approximate surface area is 164 Å². The predicted octanol–water partition coefficient (Wildman–Crippen LogP) is 3.32.